The van der Waals surface area contributed by atoms with E-state index in [2.05, 4.69) is 56.5 Å². The first-order valence-electron chi connectivity index (χ1n) is 9.80. The van der Waals surface area contributed by atoms with E-state index in [0.717, 1.165) is 36.1 Å². The zero-order chi connectivity index (χ0) is 20.0. The number of hydrogen-bond acceptors (Lipinski definition) is 6. The van der Waals surface area contributed by atoms with Crippen LogP contribution in [-0.2, 0) is 0 Å². The number of phenols is 1. The van der Waals surface area contributed by atoms with Crippen LogP contribution < -0.4 is 5.32 Å². The second-order valence-corrected chi connectivity index (χ2v) is 8.24. The Morgan fingerprint density at radius 1 is 1.13 bits per heavy atom. The Morgan fingerprint density at radius 2 is 2.00 bits per heavy atom. The quantitative estimate of drug-likeness (QED) is 0.521. The van der Waals surface area contributed by atoms with Crippen LogP contribution in [-0.4, -0.2) is 46.9 Å². The third kappa shape index (κ3) is 3.64. The zero-order valence-corrected chi connectivity index (χ0v) is 17.7. The minimum Gasteiger partial charge on any atom is -0.507 e. The summed E-state index contributed by atoms with van der Waals surface area (Å²) in [6.07, 6.45) is 7.54. The van der Waals surface area contributed by atoms with Crippen molar-refractivity contribution in [3.63, 3.8) is 0 Å². The molecule has 0 amide bonds. The lowest BCUT2D eigenvalue weighted by Gasteiger charge is -2.37. The normalized spacial score (nSPS) is 18.3. The van der Waals surface area contributed by atoms with Crippen LogP contribution in [0.3, 0.4) is 0 Å². The van der Waals surface area contributed by atoms with Crippen molar-refractivity contribution in [1.29, 1.82) is 0 Å². The van der Waals surface area contributed by atoms with E-state index < -0.39 is 0 Å². The summed E-state index contributed by atoms with van der Waals surface area (Å²) in [7, 11) is 0. The van der Waals surface area contributed by atoms with Gasteiger partial charge in [0.1, 0.15) is 5.75 Å². The van der Waals surface area contributed by atoms with Gasteiger partial charge in [0.15, 0.2) is 5.65 Å². The fourth-order valence-corrected chi connectivity index (χ4v) is 4.18. The molecule has 1 unspecified atom stereocenters. The number of halogens is 1. The SMILES string of the molecule is CC1(C)CC(n2ccc3cc(-c4ccc(-n5ccnn5)cc4O)nnc32)CCN1.Cl. The molecule has 8 nitrogen and oxygen atoms in total. The van der Waals surface area contributed by atoms with Crippen LogP contribution in [0.25, 0.3) is 28.0 Å². The molecule has 30 heavy (non-hydrogen) atoms. The first kappa shape index (κ1) is 20.3. The molecule has 0 aliphatic carbocycles. The summed E-state index contributed by atoms with van der Waals surface area (Å²) in [5.41, 5.74) is 3.01. The van der Waals surface area contributed by atoms with Gasteiger partial charge in [0.05, 0.1) is 23.8 Å². The molecule has 9 heteroatoms. The van der Waals surface area contributed by atoms with E-state index in [1.165, 1.54) is 0 Å². The van der Waals surface area contributed by atoms with Crippen molar-refractivity contribution in [1.82, 2.24) is 35.1 Å². The standard InChI is InChI=1S/C21H23N7O.ClH/c1-21(2)13-16(5-7-22-21)27-9-6-14-11-18(24-25-20(14)27)17-4-3-15(12-19(17)29)28-10-8-23-26-28;/h3-4,6,8-12,16,22,29H,5,7,13H2,1-2H3;1H. The minimum atomic E-state index is 0. The molecule has 1 fully saturated rings. The van der Waals surface area contributed by atoms with E-state index >= 15 is 0 Å². The van der Waals surface area contributed by atoms with Crippen molar-refractivity contribution < 1.29 is 5.11 Å². The van der Waals surface area contributed by atoms with Gasteiger partial charge in [-0.2, -0.15) is 0 Å². The van der Waals surface area contributed by atoms with Crippen LogP contribution in [0.2, 0.25) is 0 Å². The highest BCUT2D eigenvalue weighted by Crippen LogP contribution is 2.33. The molecule has 1 saturated heterocycles. The highest BCUT2D eigenvalue weighted by Gasteiger charge is 2.29. The molecular weight excluding hydrogens is 402 g/mol. The third-order valence-electron chi connectivity index (χ3n) is 5.63. The number of hydrogen-bond donors (Lipinski definition) is 2. The van der Waals surface area contributed by atoms with E-state index in [1.54, 1.807) is 23.1 Å². The molecule has 0 spiro atoms. The van der Waals surface area contributed by atoms with Gasteiger partial charge in [-0.25, -0.2) is 4.68 Å². The number of fused-ring (bicyclic) bond motifs is 1. The van der Waals surface area contributed by atoms with Crippen molar-refractivity contribution in [2.75, 3.05) is 6.54 Å². The fraction of sp³-hybridized carbons (Fsp3) is 0.333. The number of rotatable bonds is 3. The van der Waals surface area contributed by atoms with Crippen LogP contribution in [0.4, 0.5) is 0 Å². The average molecular weight is 426 g/mol. The summed E-state index contributed by atoms with van der Waals surface area (Å²) in [4.78, 5) is 0. The van der Waals surface area contributed by atoms with E-state index in [9.17, 15) is 5.11 Å². The Hall–Kier alpha value is -2.97. The van der Waals surface area contributed by atoms with Gasteiger partial charge in [-0.3, -0.25) is 0 Å². The average Bonchev–Trinajstić information content (AvgIpc) is 3.37. The molecule has 2 N–H and O–H groups in total. The van der Waals surface area contributed by atoms with Gasteiger partial charge in [0.2, 0.25) is 0 Å². The summed E-state index contributed by atoms with van der Waals surface area (Å²) >= 11 is 0. The van der Waals surface area contributed by atoms with Crippen molar-refractivity contribution in [2.24, 2.45) is 0 Å². The Kier molecular flexibility index (Phi) is 5.21. The summed E-state index contributed by atoms with van der Waals surface area (Å²) in [5, 5.41) is 31.8. The second-order valence-electron chi connectivity index (χ2n) is 8.24. The van der Waals surface area contributed by atoms with Crippen LogP contribution in [0.15, 0.2) is 48.9 Å². The Bertz CT molecular complexity index is 1170. The predicted molar refractivity (Wildman–Crippen MR) is 117 cm³/mol. The molecule has 1 aliphatic rings. The summed E-state index contributed by atoms with van der Waals surface area (Å²) in [6, 6.07) is 9.81. The Labute approximate surface area is 180 Å². The molecule has 156 valence electrons. The van der Waals surface area contributed by atoms with E-state index in [-0.39, 0.29) is 23.7 Å². The van der Waals surface area contributed by atoms with E-state index in [4.69, 9.17) is 0 Å². The second kappa shape index (κ2) is 7.70. The number of nitrogens with zero attached hydrogens (tertiary/aromatic N) is 6. The highest BCUT2D eigenvalue weighted by atomic mass is 35.5. The van der Waals surface area contributed by atoms with Gasteiger partial charge >= 0.3 is 0 Å². The summed E-state index contributed by atoms with van der Waals surface area (Å²) in [5.74, 6) is 0.131. The molecule has 0 bridgehead atoms. The van der Waals surface area contributed by atoms with Gasteiger partial charge < -0.3 is 15.0 Å². The van der Waals surface area contributed by atoms with E-state index in [0.29, 0.717) is 17.3 Å². The van der Waals surface area contributed by atoms with Crippen molar-refractivity contribution in [3.8, 4) is 22.7 Å². The summed E-state index contributed by atoms with van der Waals surface area (Å²) < 4.78 is 3.83. The molecule has 1 aliphatic heterocycles. The number of piperidine rings is 1. The van der Waals surface area contributed by atoms with Gasteiger partial charge in [0, 0.05) is 34.8 Å². The van der Waals surface area contributed by atoms with Gasteiger partial charge in [-0.15, -0.1) is 27.7 Å². The summed E-state index contributed by atoms with van der Waals surface area (Å²) in [6.45, 7) is 5.47. The topological polar surface area (TPSA) is 93.7 Å². The Morgan fingerprint density at radius 3 is 2.73 bits per heavy atom. The molecule has 1 atom stereocenters. The smallest absolute Gasteiger partial charge is 0.162 e. The predicted octanol–water partition coefficient (Wildman–Crippen LogP) is 3.51. The first-order valence-corrected chi connectivity index (χ1v) is 9.80. The number of aromatic nitrogens is 6. The van der Waals surface area contributed by atoms with Crippen LogP contribution in [0, 0.1) is 0 Å². The zero-order valence-electron chi connectivity index (χ0n) is 16.9. The first-order chi connectivity index (χ1) is 14.0. The number of nitrogens with one attached hydrogen (secondary N) is 1. The number of aromatic hydroxyl groups is 1. The molecule has 4 aromatic rings. The van der Waals surface area contributed by atoms with Crippen LogP contribution in [0.1, 0.15) is 32.7 Å². The lowest BCUT2D eigenvalue weighted by molar-refractivity contribution is 0.235. The molecule has 0 saturated carbocycles. The highest BCUT2D eigenvalue weighted by molar-refractivity contribution is 5.85. The van der Waals surface area contributed by atoms with Gasteiger partial charge in [-0.1, -0.05) is 5.21 Å². The maximum atomic E-state index is 10.5. The van der Waals surface area contributed by atoms with Crippen molar-refractivity contribution in [3.05, 3.63) is 48.9 Å². The minimum absolute atomic E-state index is 0. The van der Waals surface area contributed by atoms with Crippen molar-refractivity contribution >= 4 is 23.4 Å². The molecule has 3 aromatic heterocycles. The monoisotopic (exact) mass is 425 g/mol. The third-order valence-corrected chi connectivity index (χ3v) is 5.63. The van der Waals surface area contributed by atoms with Crippen molar-refractivity contribution in [2.45, 2.75) is 38.3 Å². The number of phenolic OH excluding ortho intramolecular Hbond substituents is 1. The van der Waals surface area contributed by atoms with Gasteiger partial charge in [-0.05, 0) is 57.5 Å². The maximum absolute atomic E-state index is 10.5. The van der Waals surface area contributed by atoms with Gasteiger partial charge in [0.25, 0.3) is 0 Å². The lowest BCUT2D eigenvalue weighted by Crippen LogP contribution is -2.46. The van der Waals surface area contributed by atoms with Crippen LogP contribution in [0.5, 0.6) is 5.75 Å². The molecular formula is C21H24ClN7O. The lowest BCUT2D eigenvalue weighted by atomic mass is 9.89. The Balaban J connectivity index is 0.00000218. The molecule has 4 heterocycles. The van der Waals surface area contributed by atoms with Crippen LogP contribution >= 0.6 is 12.4 Å². The fourth-order valence-electron chi connectivity index (χ4n) is 4.18. The maximum Gasteiger partial charge on any atom is 0.162 e. The largest absolute Gasteiger partial charge is 0.507 e. The number of benzene rings is 1. The van der Waals surface area contributed by atoms with E-state index in [1.807, 2.05) is 18.2 Å². The molecule has 1 aromatic carbocycles. The molecule has 5 rings (SSSR count). The molecule has 0 radical (unpaired) electrons.